The number of carboxylic acids is 1. The van der Waals surface area contributed by atoms with Crippen LogP contribution in [0.3, 0.4) is 0 Å². The average molecular weight is 930 g/mol. The van der Waals surface area contributed by atoms with E-state index in [2.05, 4.69) is 31.3 Å². The van der Waals surface area contributed by atoms with Crippen molar-refractivity contribution in [2.75, 3.05) is 19.8 Å². The predicted molar refractivity (Wildman–Crippen MR) is 263 cm³/mol. The number of nitrogens with one attached hydrogen (secondary N) is 1. The van der Waals surface area contributed by atoms with Gasteiger partial charge in [-0.25, -0.2) is 9.36 Å². The molecule has 3 atom stereocenters. The Morgan fingerprint density at radius 3 is 1.19 bits per heavy atom. The van der Waals surface area contributed by atoms with Crippen LogP contribution in [0.2, 0.25) is 0 Å². The van der Waals surface area contributed by atoms with Crippen LogP contribution in [-0.2, 0) is 32.7 Å². The molecule has 0 aromatic rings. The number of ether oxygens (including phenoxy) is 1. The number of carbonyl (C=O) groups excluding carboxylic acids is 2. The fourth-order valence-electron chi connectivity index (χ4n) is 7.90. The number of hydrogen-bond donors (Lipinski definition) is 4. The van der Waals surface area contributed by atoms with Crippen molar-refractivity contribution >= 4 is 25.7 Å². The normalized spacial score (nSPS) is 13.6. The highest BCUT2D eigenvalue weighted by atomic mass is 31.2. The zero-order chi connectivity index (χ0) is 47.0. The highest BCUT2D eigenvalue weighted by Crippen LogP contribution is 2.43. The van der Waals surface area contributed by atoms with E-state index >= 15 is 0 Å². The fourth-order valence-corrected chi connectivity index (χ4v) is 8.67. The SMILES string of the molecule is CCCCCCCC/C=C/CCCCCCCCCCCCCC(=O)OCC(O)COP(=O)(O)OCC(NC(=O)CCCCCCCCCCCCCCCCCCCCC)C(=O)O. The number of esters is 1. The summed E-state index contributed by atoms with van der Waals surface area (Å²) in [7, 11) is -4.76. The number of carbonyl (C=O) groups is 3. The van der Waals surface area contributed by atoms with Crippen molar-refractivity contribution in [2.45, 2.75) is 283 Å². The first-order valence-corrected chi connectivity index (χ1v) is 28.2. The van der Waals surface area contributed by atoms with Gasteiger partial charge in [-0.1, -0.05) is 231 Å². The Morgan fingerprint density at radius 1 is 0.484 bits per heavy atom. The number of phosphoric acid groups is 1. The molecule has 11 nitrogen and oxygen atoms in total. The van der Waals surface area contributed by atoms with Crippen LogP contribution in [0.4, 0.5) is 0 Å². The fraction of sp³-hybridized carbons (Fsp3) is 0.904. The standard InChI is InChI=1S/C52H100NO10P/c1-3-5-7-9-11-13-15-17-19-21-23-24-26-28-30-32-34-36-38-40-42-44-51(56)61-45-48(54)46-62-64(59,60)63-47-49(52(57)58)53-50(55)43-41-39-37-35-33-31-29-27-25-22-20-18-16-14-12-10-8-6-4-2/h17,19,48-49,54H,3-16,18,20-47H2,1-2H3,(H,53,55)(H,57,58)(H,59,60)/b19-17+. The number of aliphatic hydroxyl groups is 1. The zero-order valence-corrected chi connectivity index (χ0v) is 42.3. The number of amides is 1. The minimum atomic E-state index is -4.76. The van der Waals surface area contributed by atoms with Gasteiger partial charge in [-0.05, 0) is 38.5 Å². The maximum absolute atomic E-state index is 12.4. The molecule has 0 saturated heterocycles. The van der Waals surface area contributed by atoms with Gasteiger partial charge in [0.2, 0.25) is 5.91 Å². The van der Waals surface area contributed by atoms with Crippen molar-refractivity contribution in [1.29, 1.82) is 0 Å². The molecule has 0 fully saturated rings. The van der Waals surface area contributed by atoms with E-state index in [1.807, 2.05) is 0 Å². The second-order valence-electron chi connectivity index (χ2n) is 18.4. The van der Waals surface area contributed by atoms with Crippen molar-refractivity contribution in [3.63, 3.8) is 0 Å². The second-order valence-corrected chi connectivity index (χ2v) is 19.9. The molecule has 0 aliphatic carbocycles. The molecule has 3 unspecified atom stereocenters. The number of phosphoric ester groups is 1. The summed E-state index contributed by atoms with van der Waals surface area (Å²) in [4.78, 5) is 46.2. The molecule has 0 aliphatic rings. The van der Waals surface area contributed by atoms with Crippen molar-refractivity contribution in [2.24, 2.45) is 0 Å². The number of aliphatic hydroxyl groups excluding tert-OH is 1. The van der Waals surface area contributed by atoms with Crippen LogP contribution in [-0.4, -0.2) is 64.9 Å². The van der Waals surface area contributed by atoms with E-state index < -0.39 is 57.6 Å². The molecule has 0 aromatic carbocycles. The number of rotatable bonds is 51. The van der Waals surface area contributed by atoms with Crippen molar-refractivity contribution in [1.82, 2.24) is 5.32 Å². The summed E-state index contributed by atoms with van der Waals surface area (Å²) in [5.41, 5.74) is 0. The summed E-state index contributed by atoms with van der Waals surface area (Å²) in [5.74, 6) is -2.35. The van der Waals surface area contributed by atoms with Crippen molar-refractivity contribution in [3.05, 3.63) is 12.2 Å². The third-order valence-electron chi connectivity index (χ3n) is 12.1. The molecule has 0 radical (unpaired) electrons. The Morgan fingerprint density at radius 2 is 0.812 bits per heavy atom. The van der Waals surface area contributed by atoms with Crippen LogP contribution in [0.5, 0.6) is 0 Å². The summed E-state index contributed by atoms with van der Waals surface area (Å²) in [5, 5.41) is 21.9. The van der Waals surface area contributed by atoms with Gasteiger partial charge in [0.05, 0.1) is 13.2 Å². The van der Waals surface area contributed by atoms with Crippen molar-refractivity contribution < 1.29 is 47.8 Å². The van der Waals surface area contributed by atoms with E-state index in [-0.39, 0.29) is 12.8 Å². The Labute approximate surface area is 392 Å². The number of allylic oxidation sites excluding steroid dienone is 2. The summed E-state index contributed by atoms with van der Waals surface area (Å²) in [6, 6.07) is -1.54. The smallest absolute Gasteiger partial charge is 0.472 e. The van der Waals surface area contributed by atoms with Crippen LogP contribution in [0, 0.1) is 0 Å². The number of hydrogen-bond acceptors (Lipinski definition) is 8. The minimum Gasteiger partial charge on any atom is -0.480 e. The Hall–Kier alpha value is -1.78. The Kier molecular flexibility index (Phi) is 46.4. The van der Waals surface area contributed by atoms with Gasteiger partial charge in [-0.15, -0.1) is 0 Å². The van der Waals surface area contributed by atoms with Crippen LogP contribution in [0.25, 0.3) is 0 Å². The molecule has 12 heteroatoms. The highest BCUT2D eigenvalue weighted by molar-refractivity contribution is 7.47. The molecule has 0 aromatic heterocycles. The van der Waals surface area contributed by atoms with Gasteiger partial charge < -0.3 is 25.2 Å². The topological polar surface area (TPSA) is 169 Å². The number of unbranched alkanes of at least 4 members (excludes halogenated alkanes) is 35. The van der Waals surface area contributed by atoms with Crippen LogP contribution in [0.1, 0.15) is 271 Å². The molecule has 0 aliphatic heterocycles. The quantitative estimate of drug-likeness (QED) is 0.0199. The number of carboxylic acid groups (broad SMARTS) is 1. The lowest BCUT2D eigenvalue weighted by Crippen LogP contribution is -2.43. The van der Waals surface area contributed by atoms with Gasteiger partial charge in [0, 0.05) is 12.8 Å². The van der Waals surface area contributed by atoms with E-state index in [0.717, 1.165) is 38.5 Å². The zero-order valence-electron chi connectivity index (χ0n) is 41.4. The summed E-state index contributed by atoms with van der Waals surface area (Å²) in [6.45, 7) is 2.65. The molecule has 64 heavy (non-hydrogen) atoms. The van der Waals surface area contributed by atoms with Crippen LogP contribution < -0.4 is 5.32 Å². The van der Waals surface area contributed by atoms with E-state index in [9.17, 15) is 34.1 Å². The van der Waals surface area contributed by atoms with Gasteiger partial charge >= 0.3 is 19.8 Å². The van der Waals surface area contributed by atoms with Gasteiger partial charge in [-0.2, -0.15) is 0 Å². The molecule has 0 heterocycles. The van der Waals surface area contributed by atoms with Crippen LogP contribution in [0.15, 0.2) is 12.2 Å². The first-order valence-electron chi connectivity index (χ1n) is 26.7. The third kappa shape index (κ3) is 46.7. The maximum atomic E-state index is 12.4. The first kappa shape index (κ1) is 62.2. The van der Waals surface area contributed by atoms with Crippen LogP contribution >= 0.6 is 7.82 Å². The molecule has 1 amide bonds. The Balaban J connectivity index is 3.77. The molecule has 0 rings (SSSR count). The van der Waals surface area contributed by atoms with E-state index in [1.54, 1.807) is 0 Å². The maximum Gasteiger partial charge on any atom is 0.472 e. The van der Waals surface area contributed by atoms with Crippen molar-refractivity contribution in [3.8, 4) is 0 Å². The predicted octanol–water partition coefficient (Wildman–Crippen LogP) is 14.8. The molecule has 0 bridgehead atoms. The van der Waals surface area contributed by atoms with E-state index in [4.69, 9.17) is 13.8 Å². The van der Waals surface area contributed by atoms with Gasteiger partial charge in [0.1, 0.15) is 12.7 Å². The lowest BCUT2D eigenvalue weighted by Gasteiger charge is -2.18. The summed E-state index contributed by atoms with van der Waals surface area (Å²) in [6.07, 6.45) is 50.9. The first-order chi connectivity index (χ1) is 31.1. The lowest BCUT2D eigenvalue weighted by atomic mass is 10.0. The van der Waals surface area contributed by atoms with Gasteiger partial charge in [0.25, 0.3) is 0 Å². The molecule has 378 valence electrons. The highest BCUT2D eigenvalue weighted by Gasteiger charge is 2.28. The number of aliphatic carboxylic acids is 1. The average Bonchev–Trinajstić information content (AvgIpc) is 3.27. The lowest BCUT2D eigenvalue weighted by molar-refractivity contribution is -0.147. The molecular weight excluding hydrogens is 830 g/mol. The molecular formula is C52H100NO10P. The summed E-state index contributed by atoms with van der Waals surface area (Å²) >= 11 is 0. The van der Waals surface area contributed by atoms with Gasteiger partial charge in [-0.3, -0.25) is 18.6 Å². The van der Waals surface area contributed by atoms with E-state index in [1.165, 1.54) is 193 Å². The monoisotopic (exact) mass is 930 g/mol. The minimum absolute atomic E-state index is 0.152. The Bertz CT molecular complexity index is 1140. The second kappa shape index (κ2) is 47.7. The largest absolute Gasteiger partial charge is 0.480 e. The molecule has 4 N–H and O–H groups in total. The van der Waals surface area contributed by atoms with Gasteiger partial charge in [0.15, 0.2) is 6.04 Å². The molecule has 0 spiro atoms. The third-order valence-corrected chi connectivity index (χ3v) is 13.0. The molecule has 0 saturated carbocycles. The summed E-state index contributed by atoms with van der Waals surface area (Å²) < 4.78 is 27.0. The van der Waals surface area contributed by atoms with E-state index in [0.29, 0.717) is 12.8 Å².